The molecule has 0 fully saturated rings. The number of methoxy groups -OCH3 is 1. The molecule has 2 aromatic carbocycles. The molecule has 0 amide bonds. The number of hydrogen-bond donors (Lipinski definition) is 1. The van der Waals surface area contributed by atoms with Crippen LogP contribution in [0.1, 0.15) is 11.7 Å². The van der Waals surface area contributed by atoms with E-state index in [2.05, 4.69) is 4.99 Å². The van der Waals surface area contributed by atoms with E-state index < -0.39 is 12.0 Å². The predicted octanol–water partition coefficient (Wildman–Crippen LogP) is 2.94. The van der Waals surface area contributed by atoms with E-state index in [-0.39, 0.29) is 5.02 Å². The molecule has 1 aliphatic heterocycles. The Morgan fingerprint density at radius 2 is 1.96 bits per heavy atom. The van der Waals surface area contributed by atoms with Crippen LogP contribution in [-0.4, -0.2) is 7.11 Å². The lowest BCUT2D eigenvalue weighted by Crippen LogP contribution is -2.43. The molecule has 0 aliphatic carbocycles. The van der Waals surface area contributed by atoms with Gasteiger partial charge in [-0.05, 0) is 42.0 Å². The molecule has 132 valence electrons. The number of rotatable bonds is 3. The van der Waals surface area contributed by atoms with Gasteiger partial charge in [0.1, 0.15) is 17.4 Å². The van der Waals surface area contributed by atoms with Crippen molar-refractivity contribution < 1.29 is 13.5 Å². The Labute approximate surface area is 153 Å². The number of benzene rings is 2. The number of hydrogen-bond acceptors (Lipinski definition) is 5. The Morgan fingerprint density at radius 1 is 1.19 bits per heavy atom. The standard InChI is InChI=1S/C19H15ClFN3O2/c1-25-13-5-2-11(3-6-13)18-23-19-14(8-9-26-19)17(22)24(18)12-4-7-16(21)15(20)10-12/h2-10,18H,22H2,1H3. The van der Waals surface area contributed by atoms with Crippen molar-refractivity contribution in [2.24, 2.45) is 10.7 Å². The molecular weight excluding hydrogens is 357 g/mol. The van der Waals surface area contributed by atoms with Gasteiger partial charge >= 0.3 is 0 Å². The van der Waals surface area contributed by atoms with Crippen molar-refractivity contribution in [2.75, 3.05) is 12.0 Å². The van der Waals surface area contributed by atoms with Gasteiger partial charge < -0.3 is 19.8 Å². The average molecular weight is 372 g/mol. The van der Waals surface area contributed by atoms with Crippen LogP contribution in [0.4, 0.5) is 10.1 Å². The molecule has 1 atom stereocenters. The van der Waals surface area contributed by atoms with Crippen LogP contribution in [-0.2, 0) is 0 Å². The minimum Gasteiger partial charge on any atom is -0.497 e. The molecule has 1 aromatic heterocycles. The minimum atomic E-state index is -0.493. The summed E-state index contributed by atoms with van der Waals surface area (Å²) in [4.78, 5) is 6.47. The molecule has 4 rings (SSSR count). The van der Waals surface area contributed by atoms with Crippen LogP contribution < -0.4 is 26.1 Å². The highest BCUT2D eigenvalue weighted by Crippen LogP contribution is 2.34. The van der Waals surface area contributed by atoms with Gasteiger partial charge in [-0.3, -0.25) is 0 Å². The summed E-state index contributed by atoms with van der Waals surface area (Å²) in [5, 5.41) is 0.692. The molecule has 0 bridgehead atoms. The van der Waals surface area contributed by atoms with Crippen LogP contribution in [0.5, 0.6) is 5.75 Å². The first-order valence-electron chi connectivity index (χ1n) is 7.88. The molecule has 2 heterocycles. The average Bonchev–Trinajstić information content (AvgIpc) is 3.13. The summed E-state index contributed by atoms with van der Waals surface area (Å²) in [5.41, 5.74) is 8.35. The first-order chi connectivity index (χ1) is 12.6. The first-order valence-corrected chi connectivity index (χ1v) is 8.25. The van der Waals surface area contributed by atoms with Crippen LogP contribution in [0.15, 0.2) is 64.2 Å². The van der Waals surface area contributed by atoms with Crippen molar-refractivity contribution in [3.8, 4) is 5.75 Å². The maximum atomic E-state index is 13.6. The SMILES string of the molecule is COc1ccc(C2N=c3occc3=C(N)N2c2ccc(F)c(Cl)c2)cc1. The molecular formula is C19H15ClFN3O2. The van der Waals surface area contributed by atoms with Gasteiger partial charge in [-0.25, -0.2) is 9.38 Å². The van der Waals surface area contributed by atoms with Gasteiger partial charge in [0.15, 0.2) is 6.17 Å². The van der Waals surface area contributed by atoms with Crippen LogP contribution in [0.3, 0.4) is 0 Å². The highest BCUT2D eigenvalue weighted by Gasteiger charge is 2.27. The third-order valence-electron chi connectivity index (χ3n) is 4.26. The van der Waals surface area contributed by atoms with E-state index in [1.165, 1.54) is 18.4 Å². The fourth-order valence-corrected chi connectivity index (χ4v) is 3.12. The second kappa shape index (κ2) is 6.38. The number of nitrogens with two attached hydrogens (primary N) is 1. The number of halogens is 2. The molecule has 0 spiro atoms. The monoisotopic (exact) mass is 371 g/mol. The third kappa shape index (κ3) is 2.68. The molecule has 5 nitrogen and oxygen atoms in total. The van der Waals surface area contributed by atoms with Gasteiger partial charge in [0.2, 0.25) is 5.55 Å². The smallest absolute Gasteiger partial charge is 0.227 e. The van der Waals surface area contributed by atoms with Gasteiger partial charge in [-0.2, -0.15) is 0 Å². The summed E-state index contributed by atoms with van der Waals surface area (Å²) in [7, 11) is 1.60. The summed E-state index contributed by atoms with van der Waals surface area (Å²) in [6, 6.07) is 13.7. The zero-order valence-corrected chi connectivity index (χ0v) is 14.6. The zero-order chi connectivity index (χ0) is 18.3. The van der Waals surface area contributed by atoms with E-state index in [0.29, 0.717) is 22.3 Å². The van der Waals surface area contributed by atoms with Crippen molar-refractivity contribution >= 4 is 23.1 Å². The molecule has 0 saturated carbocycles. The highest BCUT2D eigenvalue weighted by molar-refractivity contribution is 6.31. The van der Waals surface area contributed by atoms with Crippen molar-refractivity contribution in [1.29, 1.82) is 0 Å². The van der Waals surface area contributed by atoms with E-state index in [1.54, 1.807) is 24.1 Å². The van der Waals surface area contributed by atoms with E-state index >= 15 is 0 Å². The Morgan fingerprint density at radius 3 is 2.65 bits per heavy atom. The van der Waals surface area contributed by atoms with Crippen molar-refractivity contribution in [3.05, 3.63) is 82.0 Å². The summed E-state index contributed by atoms with van der Waals surface area (Å²) in [5.74, 6) is 0.691. The molecule has 2 N–H and O–H groups in total. The van der Waals surface area contributed by atoms with Gasteiger partial charge in [0, 0.05) is 5.69 Å². The second-order valence-electron chi connectivity index (χ2n) is 5.77. The second-order valence-corrected chi connectivity index (χ2v) is 6.18. The molecule has 7 heteroatoms. The largest absolute Gasteiger partial charge is 0.497 e. The minimum absolute atomic E-state index is 0.0155. The van der Waals surface area contributed by atoms with Crippen molar-refractivity contribution in [3.63, 3.8) is 0 Å². The van der Waals surface area contributed by atoms with Gasteiger partial charge in [-0.1, -0.05) is 23.7 Å². The van der Waals surface area contributed by atoms with E-state index in [4.69, 9.17) is 26.5 Å². The fourth-order valence-electron chi connectivity index (χ4n) is 2.94. The van der Waals surface area contributed by atoms with Crippen molar-refractivity contribution in [1.82, 2.24) is 0 Å². The lowest BCUT2D eigenvalue weighted by molar-refractivity contribution is 0.414. The molecule has 0 saturated heterocycles. The van der Waals surface area contributed by atoms with Crippen LogP contribution in [0.2, 0.25) is 5.02 Å². The normalized spacial score (nSPS) is 16.2. The maximum Gasteiger partial charge on any atom is 0.227 e. The molecule has 1 unspecified atom stereocenters. The Kier molecular flexibility index (Phi) is 4.05. The fraction of sp³-hybridized carbons (Fsp3) is 0.105. The molecule has 0 radical (unpaired) electrons. The number of nitrogens with zero attached hydrogens (tertiary/aromatic N) is 2. The van der Waals surface area contributed by atoms with Crippen LogP contribution in [0.25, 0.3) is 5.82 Å². The number of furan rings is 1. The van der Waals surface area contributed by atoms with E-state index in [9.17, 15) is 4.39 Å². The van der Waals surface area contributed by atoms with Crippen LogP contribution in [0, 0.1) is 5.82 Å². The van der Waals surface area contributed by atoms with E-state index in [0.717, 1.165) is 11.3 Å². The third-order valence-corrected chi connectivity index (χ3v) is 4.55. The maximum absolute atomic E-state index is 13.6. The lowest BCUT2D eigenvalue weighted by atomic mass is 10.1. The summed E-state index contributed by atoms with van der Waals surface area (Å²) >= 11 is 5.98. The molecule has 3 aromatic rings. The van der Waals surface area contributed by atoms with Gasteiger partial charge in [0.25, 0.3) is 0 Å². The first kappa shape index (κ1) is 16.5. The Bertz CT molecular complexity index is 1080. The topological polar surface area (TPSA) is 64.0 Å². The quantitative estimate of drug-likeness (QED) is 0.768. The zero-order valence-electron chi connectivity index (χ0n) is 13.8. The molecule has 1 aliphatic rings. The van der Waals surface area contributed by atoms with E-state index in [1.807, 2.05) is 24.3 Å². The Hall–Kier alpha value is -2.99. The Balaban J connectivity index is 1.90. The summed E-state index contributed by atoms with van der Waals surface area (Å²) < 4.78 is 24.3. The van der Waals surface area contributed by atoms with Gasteiger partial charge in [0.05, 0.1) is 23.6 Å². The lowest BCUT2D eigenvalue weighted by Gasteiger charge is -2.33. The summed E-state index contributed by atoms with van der Waals surface area (Å²) in [6.07, 6.45) is 1.05. The van der Waals surface area contributed by atoms with Gasteiger partial charge in [-0.15, -0.1) is 0 Å². The van der Waals surface area contributed by atoms with Crippen LogP contribution >= 0.6 is 11.6 Å². The number of ether oxygens (including phenoxy) is 1. The molecule has 26 heavy (non-hydrogen) atoms. The highest BCUT2D eigenvalue weighted by atomic mass is 35.5. The van der Waals surface area contributed by atoms with Crippen molar-refractivity contribution in [2.45, 2.75) is 6.17 Å². The number of fused-ring (bicyclic) bond motifs is 1. The predicted molar refractivity (Wildman–Crippen MR) is 96.7 cm³/mol. The number of anilines is 1. The summed E-state index contributed by atoms with van der Waals surface area (Å²) in [6.45, 7) is 0.